The number of hydrogen-bond donors (Lipinski definition) is 0. The Kier molecular flexibility index (Phi) is 6.61. The molecule has 1 heteroatoms. The average molecular weight is 141 g/mol. The van der Waals surface area contributed by atoms with Crippen molar-refractivity contribution in [2.24, 2.45) is 0 Å². The van der Waals surface area contributed by atoms with Gasteiger partial charge in [0.15, 0.2) is 0 Å². The van der Waals surface area contributed by atoms with Gasteiger partial charge in [0, 0.05) is 7.11 Å². The Morgan fingerprint density at radius 3 is 2.70 bits per heavy atom. The molecule has 0 N–H and O–H groups in total. The third-order valence-corrected chi connectivity index (χ3v) is 1.52. The van der Waals surface area contributed by atoms with E-state index in [0.29, 0.717) is 0 Å². The summed E-state index contributed by atoms with van der Waals surface area (Å²) in [6.45, 7) is 7.46. The van der Waals surface area contributed by atoms with Crippen LogP contribution in [-0.2, 0) is 4.74 Å². The minimum absolute atomic E-state index is 0.171. The lowest BCUT2D eigenvalue weighted by Gasteiger charge is -2.06. The van der Waals surface area contributed by atoms with Gasteiger partial charge in [-0.1, -0.05) is 12.5 Å². The van der Waals surface area contributed by atoms with E-state index in [1.807, 2.05) is 6.08 Å². The maximum atomic E-state index is 4.99. The zero-order valence-corrected chi connectivity index (χ0v) is 6.81. The van der Waals surface area contributed by atoms with Gasteiger partial charge >= 0.3 is 0 Å². The van der Waals surface area contributed by atoms with Crippen molar-refractivity contribution < 1.29 is 4.74 Å². The number of unbranched alkanes of at least 4 members (excludes halogenated alkanes) is 2. The fourth-order valence-electron chi connectivity index (χ4n) is 0.779. The summed E-state index contributed by atoms with van der Waals surface area (Å²) in [5.74, 6) is 0. The van der Waals surface area contributed by atoms with E-state index in [1.165, 1.54) is 12.8 Å². The first-order valence-corrected chi connectivity index (χ1v) is 3.78. The molecule has 0 bridgehead atoms. The Labute approximate surface area is 64.1 Å². The Hall–Kier alpha value is -0.300. The van der Waals surface area contributed by atoms with E-state index in [1.54, 1.807) is 7.11 Å². The lowest BCUT2D eigenvalue weighted by molar-refractivity contribution is 0.129. The quantitative estimate of drug-likeness (QED) is 0.408. The maximum Gasteiger partial charge on any atom is 0.0572 e. The van der Waals surface area contributed by atoms with Crippen LogP contribution >= 0.6 is 0 Å². The Morgan fingerprint density at radius 1 is 1.50 bits per heavy atom. The van der Waals surface area contributed by atoms with E-state index in [9.17, 15) is 0 Å². The smallest absolute Gasteiger partial charge is 0.0572 e. The predicted molar refractivity (Wildman–Crippen MR) is 44.8 cm³/mol. The van der Waals surface area contributed by atoms with Crippen LogP contribution < -0.4 is 0 Å². The summed E-state index contributed by atoms with van der Waals surface area (Å²) >= 11 is 0. The minimum Gasteiger partial charge on any atom is -0.381 e. The largest absolute Gasteiger partial charge is 0.381 e. The number of ether oxygens (including phenoxy) is 1. The van der Waals surface area contributed by atoms with E-state index in [2.05, 4.69) is 13.5 Å². The molecule has 1 atom stereocenters. The van der Waals surface area contributed by atoms with Crippen LogP contribution in [0.25, 0.3) is 0 Å². The SMILES string of the molecule is [CH2]C(CCCCC=C)OC. The fourth-order valence-corrected chi connectivity index (χ4v) is 0.779. The van der Waals surface area contributed by atoms with Crippen LogP contribution in [0.15, 0.2) is 12.7 Å². The zero-order valence-electron chi connectivity index (χ0n) is 6.81. The molecule has 1 unspecified atom stereocenters. The van der Waals surface area contributed by atoms with Crippen LogP contribution in [0, 0.1) is 6.92 Å². The molecule has 0 heterocycles. The number of hydrogen-bond acceptors (Lipinski definition) is 1. The monoisotopic (exact) mass is 141 g/mol. The first kappa shape index (κ1) is 9.70. The molecule has 0 aromatic carbocycles. The molecule has 0 aromatic heterocycles. The molecule has 1 nitrogen and oxygen atoms in total. The summed E-state index contributed by atoms with van der Waals surface area (Å²) in [6.07, 6.45) is 6.68. The highest BCUT2D eigenvalue weighted by atomic mass is 16.5. The molecule has 0 amide bonds. The summed E-state index contributed by atoms with van der Waals surface area (Å²) in [5.41, 5.74) is 0. The van der Waals surface area contributed by atoms with Crippen molar-refractivity contribution in [3.8, 4) is 0 Å². The second-order valence-corrected chi connectivity index (χ2v) is 2.43. The zero-order chi connectivity index (χ0) is 7.82. The maximum absolute atomic E-state index is 4.99. The van der Waals surface area contributed by atoms with Gasteiger partial charge in [-0.25, -0.2) is 0 Å². The van der Waals surface area contributed by atoms with Crippen LogP contribution in [0.4, 0.5) is 0 Å². The first-order chi connectivity index (χ1) is 4.81. The fraction of sp³-hybridized carbons (Fsp3) is 0.667. The second kappa shape index (κ2) is 6.81. The van der Waals surface area contributed by atoms with Gasteiger partial charge in [0.1, 0.15) is 0 Å². The Bertz CT molecular complexity index is 78.8. The van der Waals surface area contributed by atoms with Gasteiger partial charge in [-0.2, -0.15) is 0 Å². The average Bonchev–Trinajstić information content (AvgIpc) is 1.98. The van der Waals surface area contributed by atoms with E-state index in [-0.39, 0.29) is 6.10 Å². The Balaban J connectivity index is 2.95. The van der Waals surface area contributed by atoms with Gasteiger partial charge in [-0.3, -0.25) is 0 Å². The molecule has 0 saturated heterocycles. The number of methoxy groups -OCH3 is 1. The van der Waals surface area contributed by atoms with Crippen molar-refractivity contribution in [1.82, 2.24) is 0 Å². The van der Waals surface area contributed by atoms with E-state index < -0.39 is 0 Å². The summed E-state index contributed by atoms with van der Waals surface area (Å²) in [5, 5.41) is 0. The highest BCUT2D eigenvalue weighted by molar-refractivity contribution is 4.67. The molecule has 10 heavy (non-hydrogen) atoms. The molecule has 0 aromatic rings. The molecule has 0 saturated carbocycles. The number of rotatable bonds is 6. The molecular weight excluding hydrogens is 124 g/mol. The van der Waals surface area contributed by atoms with Crippen molar-refractivity contribution >= 4 is 0 Å². The van der Waals surface area contributed by atoms with Gasteiger partial charge < -0.3 is 4.74 Å². The van der Waals surface area contributed by atoms with E-state index in [0.717, 1.165) is 12.8 Å². The van der Waals surface area contributed by atoms with Crippen LogP contribution in [0.1, 0.15) is 25.7 Å². The lowest BCUT2D eigenvalue weighted by Crippen LogP contribution is -2.03. The molecule has 0 spiro atoms. The predicted octanol–water partition coefficient (Wildman–Crippen LogP) is 2.58. The Morgan fingerprint density at radius 2 is 2.20 bits per heavy atom. The summed E-state index contributed by atoms with van der Waals surface area (Å²) in [4.78, 5) is 0. The van der Waals surface area contributed by atoms with Crippen LogP contribution in [-0.4, -0.2) is 13.2 Å². The second-order valence-electron chi connectivity index (χ2n) is 2.43. The topological polar surface area (TPSA) is 9.23 Å². The van der Waals surface area contributed by atoms with Crippen molar-refractivity contribution in [2.45, 2.75) is 31.8 Å². The third-order valence-electron chi connectivity index (χ3n) is 1.52. The van der Waals surface area contributed by atoms with Crippen molar-refractivity contribution in [3.05, 3.63) is 19.6 Å². The third kappa shape index (κ3) is 5.83. The van der Waals surface area contributed by atoms with Gasteiger partial charge in [0.25, 0.3) is 0 Å². The highest BCUT2D eigenvalue weighted by Crippen LogP contribution is 2.04. The molecule has 0 aliphatic rings. The molecule has 0 rings (SSSR count). The molecule has 0 fully saturated rings. The normalized spacial score (nSPS) is 13.0. The minimum atomic E-state index is 0.171. The first-order valence-electron chi connectivity index (χ1n) is 3.78. The van der Waals surface area contributed by atoms with Gasteiger partial charge in [-0.05, 0) is 26.2 Å². The van der Waals surface area contributed by atoms with Gasteiger partial charge in [0.05, 0.1) is 6.10 Å². The van der Waals surface area contributed by atoms with Crippen molar-refractivity contribution in [2.75, 3.05) is 7.11 Å². The highest BCUT2D eigenvalue weighted by Gasteiger charge is 1.96. The van der Waals surface area contributed by atoms with Crippen LogP contribution in [0.2, 0.25) is 0 Å². The summed E-state index contributed by atoms with van der Waals surface area (Å²) in [6, 6.07) is 0. The summed E-state index contributed by atoms with van der Waals surface area (Å²) < 4.78 is 4.99. The molecule has 1 radical (unpaired) electrons. The lowest BCUT2D eigenvalue weighted by atomic mass is 10.1. The van der Waals surface area contributed by atoms with E-state index >= 15 is 0 Å². The van der Waals surface area contributed by atoms with Crippen molar-refractivity contribution in [1.29, 1.82) is 0 Å². The van der Waals surface area contributed by atoms with E-state index in [4.69, 9.17) is 4.74 Å². The van der Waals surface area contributed by atoms with Crippen LogP contribution in [0.5, 0.6) is 0 Å². The summed E-state index contributed by atoms with van der Waals surface area (Å²) in [7, 11) is 1.70. The molecule has 59 valence electrons. The molecule has 0 aliphatic carbocycles. The standard InChI is InChI=1S/C9H17O/c1-4-5-6-7-8-9(2)10-3/h4,9H,1-2,5-8H2,3H3. The van der Waals surface area contributed by atoms with Crippen molar-refractivity contribution in [3.63, 3.8) is 0 Å². The molecular formula is C9H17O. The van der Waals surface area contributed by atoms with Crippen LogP contribution in [0.3, 0.4) is 0 Å². The van der Waals surface area contributed by atoms with Gasteiger partial charge in [0.2, 0.25) is 0 Å². The molecule has 0 aliphatic heterocycles. The number of allylic oxidation sites excluding steroid dienone is 1. The van der Waals surface area contributed by atoms with Gasteiger partial charge in [-0.15, -0.1) is 6.58 Å².